The molecule has 1 aliphatic heterocycles. The Morgan fingerprint density at radius 3 is 2.15 bits per heavy atom. The number of methoxy groups -OCH3 is 1. The molecule has 1 aromatic rings. The third-order valence-electron chi connectivity index (χ3n) is 3.42. The lowest BCUT2D eigenvalue weighted by Gasteiger charge is -2.36. The molecule has 2 rings (SSSR count). The summed E-state index contributed by atoms with van der Waals surface area (Å²) in [4.78, 5) is 26.9. The van der Waals surface area contributed by atoms with E-state index in [2.05, 4.69) is 10.2 Å². The van der Waals surface area contributed by atoms with Crippen molar-refractivity contribution in [1.29, 1.82) is 0 Å². The standard InChI is InChI=1S/C15H22N4O5.C2H6/c1-15(2,3)24-14(22)19-7-5-18(6-8-19)12-10(13(20)21)9-11(23-4)16-17-12;1-2/h9H,5-8H2,1-4H3,(H,20,21);1-2H3. The van der Waals surface area contributed by atoms with Gasteiger partial charge in [-0.3, -0.25) is 0 Å². The number of piperazine rings is 1. The maximum absolute atomic E-state index is 12.1. The van der Waals surface area contributed by atoms with Gasteiger partial charge in [0.15, 0.2) is 5.82 Å². The van der Waals surface area contributed by atoms with Crippen molar-refractivity contribution in [2.45, 2.75) is 40.2 Å². The Bertz CT molecular complexity index is 622. The molecule has 0 saturated carbocycles. The van der Waals surface area contributed by atoms with Gasteiger partial charge < -0.3 is 24.4 Å². The van der Waals surface area contributed by atoms with Crippen LogP contribution < -0.4 is 9.64 Å². The fourth-order valence-corrected chi connectivity index (χ4v) is 2.29. The highest BCUT2D eigenvalue weighted by Gasteiger charge is 2.28. The summed E-state index contributed by atoms with van der Waals surface area (Å²) in [6.07, 6.45) is -0.374. The van der Waals surface area contributed by atoms with E-state index in [1.54, 1.807) is 9.80 Å². The van der Waals surface area contributed by atoms with Crippen LogP contribution in [-0.2, 0) is 4.74 Å². The van der Waals surface area contributed by atoms with Crippen LogP contribution in [0.15, 0.2) is 6.07 Å². The number of carbonyl (C=O) groups excluding carboxylic acids is 1. The van der Waals surface area contributed by atoms with Crippen molar-refractivity contribution in [1.82, 2.24) is 15.1 Å². The Balaban J connectivity index is 0.00000163. The molecule has 2 heterocycles. The molecule has 1 N–H and O–H groups in total. The van der Waals surface area contributed by atoms with Crippen LogP contribution in [0.25, 0.3) is 0 Å². The highest BCUT2D eigenvalue weighted by atomic mass is 16.6. The molecule has 0 aliphatic carbocycles. The van der Waals surface area contributed by atoms with Gasteiger partial charge in [0, 0.05) is 32.2 Å². The van der Waals surface area contributed by atoms with Gasteiger partial charge in [-0.1, -0.05) is 13.8 Å². The SMILES string of the molecule is CC.COc1cc(C(=O)O)c(N2CCN(C(=O)OC(C)(C)C)CC2)nn1. The number of nitrogens with zero attached hydrogens (tertiary/aromatic N) is 4. The van der Waals surface area contributed by atoms with Crippen molar-refractivity contribution in [3.05, 3.63) is 11.6 Å². The smallest absolute Gasteiger partial charge is 0.410 e. The van der Waals surface area contributed by atoms with Gasteiger partial charge in [-0.05, 0) is 20.8 Å². The van der Waals surface area contributed by atoms with Gasteiger partial charge in [0.05, 0.1) is 7.11 Å². The summed E-state index contributed by atoms with van der Waals surface area (Å²) < 4.78 is 10.3. The van der Waals surface area contributed by atoms with E-state index in [-0.39, 0.29) is 23.4 Å². The molecule has 1 saturated heterocycles. The van der Waals surface area contributed by atoms with Crippen LogP contribution in [0.5, 0.6) is 5.88 Å². The molecule has 0 spiro atoms. The molecule has 9 nitrogen and oxygen atoms in total. The molecule has 0 aromatic carbocycles. The lowest BCUT2D eigenvalue weighted by Crippen LogP contribution is -2.50. The summed E-state index contributed by atoms with van der Waals surface area (Å²) in [6, 6.07) is 1.34. The van der Waals surface area contributed by atoms with Crippen LogP contribution in [-0.4, -0.2) is 71.2 Å². The summed E-state index contributed by atoms with van der Waals surface area (Å²) in [5.74, 6) is -0.691. The van der Waals surface area contributed by atoms with Gasteiger partial charge in [-0.25, -0.2) is 9.59 Å². The predicted octanol–water partition coefficient (Wildman–Crippen LogP) is 2.27. The van der Waals surface area contributed by atoms with Crippen molar-refractivity contribution >= 4 is 17.9 Å². The van der Waals surface area contributed by atoms with Crippen LogP contribution in [0, 0.1) is 0 Å². The Morgan fingerprint density at radius 2 is 1.69 bits per heavy atom. The monoisotopic (exact) mass is 368 g/mol. The molecule has 1 aliphatic rings. The first kappa shape index (κ1) is 21.5. The third-order valence-corrected chi connectivity index (χ3v) is 3.42. The maximum atomic E-state index is 12.1. The Morgan fingerprint density at radius 1 is 1.12 bits per heavy atom. The Kier molecular flexibility index (Phi) is 7.60. The van der Waals surface area contributed by atoms with Crippen LogP contribution in [0.3, 0.4) is 0 Å². The number of hydrogen-bond donors (Lipinski definition) is 1. The van der Waals surface area contributed by atoms with Gasteiger partial charge >= 0.3 is 12.1 Å². The molecule has 1 fully saturated rings. The zero-order valence-electron chi connectivity index (χ0n) is 16.3. The number of ether oxygens (including phenoxy) is 2. The van der Waals surface area contributed by atoms with Gasteiger partial charge in [0.25, 0.3) is 0 Å². The molecule has 146 valence electrons. The molecule has 9 heteroatoms. The van der Waals surface area contributed by atoms with Crippen LogP contribution in [0.2, 0.25) is 0 Å². The van der Waals surface area contributed by atoms with Crippen LogP contribution >= 0.6 is 0 Å². The largest absolute Gasteiger partial charge is 0.480 e. The van der Waals surface area contributed by atoms with E-state index in [0.29, 0.717) is 26.2 Å². The van der Waals surface area contributed by atoms with Crippen molar-refractivity contribution in [2.75, 3.05) is 38.2 Å². The highest BCUT2D eigenvalue weighted by Crippen LogP contribution is 2.22. The van der Waals surface area contributed by atoms with E-state index in [0.717, 1.165) is 0 Å². The quantitative estimate of drug-likeness (QED) is 0.866. The predicted molar refractivity (Wildman–Crippen MR) is 96.9 cm³/mol. The number of aromatic nitrogens is 2. The number of aromatic carboxylic acids is 1. The molecule has 1 amide bonds. The molecule has 26 heavy (non-hydrogen) atoms. The summed E-state index contributed by atoms with van der Waals surface area (Å²) in [5, 5.41) is 17.1. The van der Waals surface area contributed by atoms with E-state index in [1.165, 1.54) is 13.2 Å². The summed E-state index contributed by atoms with van der Waals surface area (Å²) in [6.45, 7) is 11.2. The van der Waals surface area contributed by atoms with Crippen molar-refractivity contribution < 1.29 is 24.2 Å². The Labute approximate surface area is 153 Å². The Hall–Kier alpha value is -2.58. The fraction of sp³-hybridized carbons (Fsp3) is 0.647. The van der Waals surface area contributed by atoms with Gasteiger partial charge in [-0.15, -0.1) is 10.2 Å². The average Bonchev–Trinajstić information content (AvgIpc) is 2.61. The summed E-state index contributed by atoms with van der Waals surface area (Å²) >= 11 is 0. The van der Waals surface area contributed by atoms with Crippen LogP contribution in [0.4, 0.5) is 10.6 Å². The molecule has 0 radical (unpaired) electrons. The lowest BCUT2D eigenvalue weighted by atomic mass is 10.2. The molecule has 0 bridgehead atoms. The van der Waals surface area contributed by atoms with Gasteiger partial charge in [0.1, 0.15) is 11.2 Å². The van der Waals surface area contributed by atoms with E-state index in [9.17, 15) is 14.7 Å². The summed E-state index contributed by atoms with van der Waals surface area (Å²) in [7, 11) is 1.40. The van der Waals surface area contributed by atoms with Gasteiger partial charge in [-0.2, -0.15) is 0 Å². The molecule has 0 unspecified atom stereocenters. The van der Waals surface area contributed by atoms with Crippen molar-refractivity contribution in [2.24, 2.45) is 0 Å². The second kappa shape index (κ2) is 9.21. The van der Waals surface area contributed by atoms with E-state index < -0.39 is 11.6 Å². The normalized spacial score (nSPS) is 14.2. The van der Waals surface area contributed by atoms with E-state index in [1.807, 2.05) is 34.6 Å². The number of carboxylic acids is 1. The van der Waals surface area contributed by atoms with E-state index >= 15 is 0 Å². The van der Waals surface area contributed by atoms with Crippen molar-refractivity contribution in [3.8, 4) is 5.88 Å². The molecular formula is C17H28N4O5. The fourth-order valence-electron chi connectivity index (χ4n) is 2.29. The summed E-state index contributed by atoms with van der Waals surface area (Å²) in [5.41, 5.74) is -0.529. The first-order valence-corrected chi connectivity index (χ1v) is 8.59. The highest BCUT2D eigenvalue weighted by molar-refractivity contribution is 5.93. The third kappa shape index (κ3) is 5.75. The zero-order chi connectivity index (χ0) is 19.9. The zero-order valence-corrected chi connectivity index (χ0v) is 16.3. The maximum Gasteiger partial charge on any atom is 0.410 e. The number of amides is 1. The molecule has 0 atom stereocenters. The van der Waals surface area contributed by atoms with Crippen LogP contribution in [0.1, 0.15) is 45.0 Å². The first-order chi connectivity index (χ1) is 12.2. The minimum atomic E-state index is -1.10. The van der Waals surface area contributed by atoms with E-state index in [4.69, 9.17) is 9.47 Å². The number of anilines is 1. The second-order valence-electron chi connectivity index (χ2n) is 6.38. The number of carbonyl (C=O) groups is 2. The topological polar surface area (TPSA) is 105 Å². The number of hydrogen-bond acceptors (Lipinski definition) is 7. The first-order valence-electron chi connectivity index (χ1n) is 8.59. The minimum absolute atomic E-state index is 0.0209. The average molecular weight is 368 g/mol. The molecular weight excluding hydrogens is 340 g/mol. The number of carboxylic acid groups (broad SMARTS) is 1. The number of rotatable bonds is 3. The van der Waals surface area contributed by atoms with Gasteiger partial charge in [0.2, 0.25) is 5.88 Å². The second-order valence-corrected chi connectivity index (χ2v) is 6.38. The lowest BCUT2D eigenvalue weighted by molar-refractivity contribution is 0.0239. The minimum Gasteiger partial charge on any atom is -0.480 e. The molecule has 1 aromatic heterocycles. The van der Waals surface area contributed by atoms with Crippen molar-refractivity contribution in [3.63, 3.8) is 0 Å².